The number of amides is 1. The summed E-state index contributed by atoms with van der Waals surface area (Å²) in [6.07, 6.45) is -4.00. The van der Waals surface area contributed by atoms with E-state index in [1.165, 1.54) is 12.1 Å². The van der Waals surface area contributed by atoms with E-state index >= 15 is 0 Å². The molecule has 0 bridgehead atoms. The van der Waals surface area contributed by atoms with Crippen molar-refractivity contribution in [1.29, 1.82) is 0 Å². The summed E-state index contributed by atoms with van der Waals surface area (Å²) in [5, 5.41) is 12.8. The zero-order valence-electron chi connectivity index (χ0n) is 15.9. The molecule has 2 aromatic carbocycles. The van der Waals surface area contributed by atoms with E-state index in [1.807, 2.05) is 12.1 Å². The maximum atomic E-state index is 12.7. The number of aliphatic hydroxyl groups is 1. The largest absolute Gasteiger partial charge is 0.525 e. The van der Waals surface area contributed by atoms with Crippen LogP contribution in [0.15, 0.2) is 48.5 Å². The average Bonchev–Trinajstić information content (AvgIpc) is 2.67. The summed E-state index contributed by atoms with van der Waals surface area (Å²) in [5.74, 6) is -0.252. The number of aliphatic hydroxyl groups excluding tert-OH is 1. The minimum atomic E-state index is -4.85. The highest BCUT2D eigenvalue weighted by molar-refractivity contribution is 6.05. The van der Waals surface area contributed by atoms with Gasteiger partial charge in [-0.1, -0.05) is 30.3 Å². The Kier molecular flexibility index (Phi) is 5.53. The number of para-hydroxylation sites is 1. The second kappa shape index (κ2) is 8.12. The number of hydrogen-bond acceptors (Lipinski definition) is 4. The Balaban J connectivity index is 1.58. The third-order valence-corrected chi connectivity index (χ3v) is 5.17. The fourth-order valence-corrected chi connectivity index (χ4v) is 3.87. The Bertz CT molecular complexity index is 987. The maximum absolute atomic E-state index is 12.7. The van der Waals surface area contributed by atoms with E-state index < -0.39 is 24.7 Å². The standard InChI is InChI=1S/C22H20F3NO4/c23-22(24,25)30-21-11-14(16-5-1-2-7-19(16)29-21)10-20(28)26-18-6-3-4-13-8-9-15(27)12-17(13)18/h1-7,10,15,21,27H,8-9,11-12H2,(H,26,28)/b14-10+. The predicted octanol–water partition coefficient (Wildman–Crippen LogP) is 4.20. The lowest BCUT2D eigenvalue weighted by molar-refractivity contribution is -0.366. The summed E-state index contributed by atoms with van der Waals surface area (Å²) < 4.78 is 47.3. The van der Waals surface area contributed by atoms with Gasteiger partial charge in [0.2, 0.25) is 12.2 Å². The van der Waals surface area contributed by atoms with Gasteiger partial charge >= 0.3 is 6.36 Å². The summed E-state index contributed by atoms with van der Waals surface area (Å²) in [4.78, 5) is 12.7. The van der Waals surface area contributed by atoms with Crippen molar-refractivity contribution < 1.29 is 32.5 Å². The van der Waals surface area contributed by atoms with Gasteiger partial charge in [-0.2, -0.15) is 0 Å². The third kappa shape index (κ3) is 4.66. The molecule has 0 spiro atoms. The van der Waals surface area contributed by atoms with E-state index in [9.17, 15) is 23.1 Å². The van der Waals surface area contributed by atoms with Crippen molar-refractivity contribution in [3.63, 3.8) is 0 Å². The number of alkyl halides is 3. The summed E-state index contributed by atoms with van der Waals surface area (Å²) in [7, 11) is 0. The molecule has 0 radical (unpaired) electrons. The lowest BCUT2D eigenvalue weighted by Gasteiger charge is -2.28. The van der Waals surface area contributed by atoms with Gasteiger partial charge in [0.05, 0.1) is 6.10 Å². The van der Waals surface area contributed by atoms with Gasteiger partial charge in [-0.05, 0) is 41.7 Å². The molecule has 2 N–H and O–H groups in total. The first-order valence-electron chi connectivity index (χ1n) is 9.59. The van der Waals surface area contributed by atoms with Gasteiger partial charge in [0.25, 0.3) is 0 Å². The first-order valence-corrected chi connectivity index (χ1v) is 9.59. The highest BCUT2D eigenvalue weighted by atomic mass is 19.4. The van der Waals surface area contributed by atoms with Crippen LogP contribution >= 0.6 is 0 Å². The monoisotopic (exact) mass is 419 g/mol. The Morgan fingerprint density at radius 1 is 1.17 bits per heavy atom. The molecular formula is C22H20F3NO4. The number of nitrogens with one attached hydrogen (secondary N) is 1. The molecule has 2 aliphatic rings. The molecule has 0 fully saturated rings. The van der Waals surface area contributed by atoms with Crippen molar-refractivity contribution in [3.05, 3.63) is 65.2 Å². The highest BCUT2D eigenvalue weighted by Gasteiger charge is 2.37. The van der Waals surface area contributed by atoms with Gasteiger partial charge in [0.15, 0.2) is 0 Å². The molecule has 1 heterocycles. The van der Waals surface area contributed by atoms with Gasteiger partial charge in [-0.25, -0.2) is 0 Å². The second-order valence-electron chi connectivity index (χ2n) is 7.31. The summed E-state index contributed by atoms with van der Waals surface area (Å²) in [5.41, 5.74) is 3.47. The fourth-order valence-electron chi connectivity index (χ4n) is 3.87. The van der Waals surface area contributed by atoms with E-state index in [0.29, 0.717) is 29.7 Å². The number of carbonyl (C=O) groups excluding carboxylic acids is 1. The van der Waals surface area contributed by atoms with E-state index in [2.05, 4.69) is 10.1 Å². The zero-order valence-corrected chi connectivity index (χ0v) is 15.9. The molecule has 1 aliphatic carbocycles. The van der Waals surface area contributed by atoms with Crippen molar-refractivity contribution in [2.24, 2.45) is 0 Å². The molecule has 8 heteroatoms. The topological polar surface area (TPSA) is 67.8 Å². The van der Waals surface area contributed by atoms with Gasteiger partial charge in [-0.15, -0.1) is 13.2 Å². The number of aryl methyl sites for hydroxylation is 1. The SMILES string of the molecule is O=C(/C=C1\CC(OC(F)(F)F)Oc2ccccc21)Nc1cccc2c1CC(O)CC2. The third-order valence-electron chi connectivity index (χ3n) is 5.17. The molecule has 0 aromatic heterocycles. The van der Waals surface area contributed by atoms with Gasteiger partial charge in [0, 0.05) is 30.2 Å². The smallest absolute Gasteiger partial charge is 0.464 e. The quantitative estimate of drug-likeness (QED) is 0.732. The van der Waals surface area contributed by atoms with Crippen LogP contribution < -0.4 is 10.1 Å². The van der Waals surface area contributed by atoms with Crippen molar-refractivity contribution >= 4 is 17.2 Å². The molecule has 5 nitrogen and oxygen atoms in total. The van der Waals surface area contributed by atoms with Crippen LogP contribution in [-0.2, 0) is 22.4 Å². The Hall–Kier alpha value is -2.84. The predicted molar refractivity (Wildman–Crippen MR) is 104 cm³/mol. The molecule has 30 heavy (non-hydrogen) atoms. The average molecular weight is 419 g/mol. The van der Waals surface area contributed by atoms with Gasteiger partial charge in [0.1, 0.15) is 5.75 Å². The summed E-state index contributed by atoms with van der Waals surface area (Å²) >= 11 is 0. The van der Waals surface area contributed by atoms with Crippen LogP contribution in [0.4, 0.5) is 18.9 Å². The van der Waals surface area contributed by atoms with E-state index in [-0.39, 0.29) is 12.2 Å². The maximum Gasteiger partial charge on any atom is 0.525 e. The molecule has 1 aliphatic heterocycles. The van der Waals surface area contributed by atoms with Crippen LogP contribution in [0.1, 0.15) is 29.5 Å². The van der Waals surface area contributed by atoms with Crippen molar-refractivity contribution in [1.82, 2.24) is 0 Å². The molecule has 1 amide bonds. The van der Waals surface area contributed by atoms with E-state index in [4.69, 9.17) is 4.74 Å². The van der Waals surface area contributed by atoms with Crippen LogP contribution in [0.2, 0.25) is 0 Å². The first-order chi connectivity index (χ1) is 14.3. The van der Waals surface area contributed by atoms with Crippen LogP contribution in [0.25, 0.3) is 5.57 Å². The zero-order chi connectivity index (χ0) is 21.3. The van der Waals surface area contributed by atoms with Gasteiger partial charge < -0.3 is 15.2 Å². The number of anilines is 1. The number of rotatable bonds is 3. The normalized spacial score (nSPS) is 22.1. The molecule has 2 aromatic rings. The number of fused-ring (bicyclic) bond motifs is 2. The van der Waals surface area contributed by atoms with Crippen molar-refractivity contribution in [2.45, 2.75) is 44.4 Å². The molecule has 0 saturated heterocycles. The van der Waals surface area contributed by atoms with Crippen LogP contribution in [0.3, 0.4) is 0 Å². The number of ether oxygens (including phenoxy) is 2. The van der Waals surface area contributed by atoms with Crippen LogP contribution in [-0.4, -0.2) is 29.8 Å². The summed E-state index contributed by atoms with van der Waals surface area (Å²) in [6.45, 7) is 0. The molecule has 158 valence electrons. The summed E-state index contributed by atoms with van der Waals surface area (Å²) in [6, 6.07) is 12.1. The number of hydrogen-bond donors (Lipinski definition) is 2. The minimum absolute atomic E-state index is 0.220. The fraction of sp³-hybridized carbons (Fsp3) is 0.318. The van der Waals surface area contributed by atoms with Crippen molar-refractivity contribution in [3.8, 4) is 5.75 Å². The minimum Gasteiger partial charge on any atom is -0.464 e. The Morgan fingerprint density at radius 2 is 1.97 bits per heavy atom. The number of halogens is 3. The second-order valence-corrected chi connectivity index (χ2v) is 7.31. The Morgan fingerprint density at radius 3 is 2.77 bits per heavy atom. The van der Waals surface area contributed by atoms with E-state index in [1.54, 1.807) is 24.3 Å². The van der Waals surface area contributed by atoms with Crippen LogP contribution in [0.5, 0.6) is 5.75 Å². The molecule has 2 atom stereocenters. The van der Waals surface area contributed by atoms with Crippen LogP contribution in [0, 0.1) is 0 Å². The number of carbonyl (C=O) groups is 1. The van der Waals surface area contributed by atoms with Crippen molar-refractivity contribution in [2.75, 3.05) is 5.32 Å². The molecule has 0 saturated carbocycles. The first kappa shape index (κ1) is 20.4. The Labute approximate surface area is 171 Å². The molecule has 2 unspecified atom stereocenters. The van der Waals surface area contributed by atoms with Gasteiger partial charge in [-0.3, -0.25) is 9.53 Å². The molecular weight excluding hydrogens is 399 g/mol. The van der Waals surface area contributed by atoms with E-state index in [0.717, 1.165) is 17.5 Å². The lowest BCUT2D eigenvalue weighted by atomic mass is 9.88. The number of benzene rings is 2. The molecule has 4 rings (SSSR count). The lowest BCUT2D eigenvalue weighted by Crippen LogP contribution is -2.31. The highest BCUT2D eigenvalue weighted by Crippen LogP contribution is 2.38.